The molecule has 0 aliphatic heterocycles. The predicted molar refractivity (Wildman–Crippen MR) is 68.8 cm³/mol. The Hall–Kier alpha value is -2.04. The summed E-state index contributed by atoms with van der Waals surface area (Å²) in [5.41, 5.74) is 1.81. The van der Waals surface area contributed by atoms with Crippen LogP contribution in [0.25, 0.3) is 0 Å². The molecule has 2 heterocycles. The number of aryl methyl sites for hydroxylation is 2. The standard InChI is InChI=1S/C13H17N3O2/c1-8-5-11(12(17-4)7-14-8)16-10(3)13-15-6-9(2)18-13/h5-7,10H,1-4H3,(H,14,16). The molecule has 2 rings (SSSR count). The van der Waals surface area contributed by atoms with E-state index in [0.29, 0.717) is 11.6 Å². The van der Waals surface area contributed by atoms with Gasteiger partial charge in [-0.1, -0.05) is 0 Å². The third kappa shape index (κ3) is 2.61. The number of ether oxygens (including phenoxy) is 1. The number of nitrogens with zero attached hydrogens (tertiary/aromatic N) is 2. The van der Waals surface area contributed by atoms with E-state index in [1.54, 1.807) is 19.5 Å². The largest absolute Gasteiger partial charge is 0.493 e. The van der Waals surface area contributed by atoms with E-state index >= 15 is 0 Å². The van der Waals surface area contributed by atoms with Gasteiger partial charge < -0.3 is 14.5 Å². The molecular formula is C13H17N3O2. The Morgan fingerprint density at radius 2 is 2.06 bits per heavy atom. The minimum atomic E-state index is -0.0330. The van der Waals surface area contributed by atoms with Crippen LogP contribution in [0.3, 0.4) is 0 Å². The highest BCUT2D eigenvalue weighted by Crippen LogP contribution is 2.27. The summed E-state index contributed by atoms with van der Waals surface area (Å²) in [5, 5.41) is 3.31. The van der Waals surface area contributed by atoms with Crippen molar-refractivity contribution in [3.63, 3.8) is 0 Å². The van der Waals surface area contributed by atoms with Gasteiger partial charge in [0.05, 0.1) is 25.2 Å². The number of rotatable bonds is 4. The molecule has 1 unspecified atom stereocenters. The van der Waals surface area contributed by atoms with Crippen molar-refractivity contribution in [1.29, 1.82) is 0 Å². The molecule has 96 valence electrons. The highest BCUT2D eigenvalue weighted by Gasteiger charge is 2.13. The lowest BCUT2D eigenvalue weighted by atomic mass is 10.2. The minimum Gasteiger partial charge on any atom is -0.493 e. The van der Waals surface area contributed by atoms with Gasteiger partial charge in [-0.15, -0.1) is 0 Å². The fourth-order valence-corrected chi connectivity index (χ4v) is 1.69. The first-order valence-corrected chi connectivity index (χ1v) is 5.79. The van der Waals surface area contributed by atoms with E-state index in [9.17, 15) is 0 Å². The maximum Gasteiger partial charge on any atom is 0.216 e. The second kappa shape index (κ2) is 5.08. The van der Waals surface area contributed by atoms with E-state index in [4.69, 9.17) is 9.15 Å². The number of nitrogens with one attached hydrogen (secondary N) is 1. The van der Waals surface area contributed by atoms with Crippen LogP contribution in [0.1, 0.15) is 30.3 Å². The molecule has 1 atom stereocenters. The summed E-state index contributed by atoms with van der Waals surface area (Å²) in [4.78, 5) is 8.39. The van der Waals surface area contributed by atoms with Gasteiger partial charge in [0.2, 0.25) is 5.89 Å². The smallest absolute Gasteiger partial charge is 0.216 e. The van der Waals surface area contributed by atoms with Gasteiger partial charge in [-0.3, -0.25) is 4.98 Å². The lowest BCUT2D eigenvalue weighted by molar-refractivity contribution is 0.412. The van der Waals surface area contributed by atoms with E-state index in [1.165, 1.54) is 0 Å². The van der Waals surface area contributed by atoms with E-state index in [1.807, 2.05) is 26.8 Å². The lowest BCUT2D eigenvalue weighted by Gasteiger charge is -2.15. The molecule has 0 amide bonds. The van der Waals surface area contributed by atoms with Gasteiger partial charge in [0.1, 0.15) is 11.8 Å². The first-order valence-electron chi connectivity index (χ1n) is 5.79. The molecule has 2 aromatic rings. The topological polar surface area (TPSA) is 60.2 Å². The number of hydrogen-bond donors (Lipinski definition) is 1. The second-order valence-corrected chi connectivity index (χ2v) is 4.20. The summed E-state index contributed by atoms with van der Waals surface area (Å²) in [6.45, 7) is 5.80. The van der Waals surface area contributed by atoms with Crippen LogP contribution in [0.5, 0.6) is 5.75 Å². The molecule has 0 radical (unpaired) electrons. The Kier molecular flexibility index (Phi) is 3.50. The van der Waals surface area contributed by atoms with Crippen molar-refractivity contribution in [1.82, 2.24) is 9.97 Å². The lowest BCUT2D eigenvalue weighted by Crippen LogP contribution is -2.08. The maximum atomic E-state index is 5.49. The molecule has 1 N–H and O–H groups in total. The van der Waals surface area contributed by atoms with Gasteiger partial charge >= 0.3 is 0 Å². The van der Waals surface area contributed by atoms with Gasteiger partial charge in [-0.25, -0.2) is 4.98 Å². The Morgan fingerprint density at radius 3 is 2.67 bits per heavy atom. The first kappa shape index (κ1) is 12.4. The summed E-state index contributed by atoms with van der Waals surface area (Å²) in [6.07, 6.45) is 3.41. The van der Waals surface area contributed by atoms with Crippen molar-refractivity contribution in [2.24, 2.45) is 0 Å². The molecule has 5 nitrogen and oxygen atoms in total. The van der Waals surface area contributed by atoms with Gasteiger partial charge in [0.15, 0.2) is 5.75 Å². The van der Waals surface area contributed by atoms with Gasteiger partial charge in [0.25, 0.3) is 0 Å². The number of hydrogen-bond acceptors (Lipinski definition) is 5. The summed E-state index contributed by atoms with van der Waals surface area (Å²) < 4.78 is 10.8. The SMILES string of the molecule is COc1cnc(C)cc1NC(C)c1ncc(C)o1. The number of pyridine rings is 1. The quantitative estimate of drug-likeness (QED) is 0.900. The van der Waals surface area contributed by atoms with Gasteiger partial charge in [-0.2, -0.15) is 0 Å². The minimum absolute atomic E-state index is 0.0330. The fraction of sp³-hybridized carbons (Fsp3) is 0.385. The molecule has 0 aromatic carbocycles. The monoisotopic (exact) mass is 247 g/mol. The molecule has 0 saturated heterocycles. The number of anilines is 1. The molecule has 2 aromatic heterocycles. The molecule has 0 saturated carbocycles. The van der Waals surface area contributed by atoms with Crippen LogP contribution in [-0.4, -0.2) is 17.1 Å². The molecule has 0 aliphatic carbocycles. The third-order valence-electron chi connectivity index (χ3n) is 2.61. The summed E-state index contributed by atoms with van der Waals surface area (Å²) in [5.74, 6) is 2.16. The fourth-order valence-electron chi connectivity index (χ4n) is 1.69. The summed E-state index contributed by atoms with van der Waals surface area (Å²) in [7, 11) is 1.62. The van der Waals surface area contributed by atoms with Crippen molar-refractivity contribution in [2.45, 2.75) is 26.8 Å². The summed E-state index contributed by atoms with van der Waals surface area (Å²) >= 11 is 0. The molecule has 0 bridgehead atoms. The Bertz CT molecular complexity index is 537. The average Bonchev–Trinajstić information content (AvgIpc) is 2.76. The predicted octanol–water partition coefficient (Wildman–Crippen LogP) is 2.87. The molecule has 5 heteroatoms. The zero-order valence-corrected chi connectivity index (χ0v) is 11.0. The number of aromatic nitrogens is 2. The van der Waals surface area contributed by atoms with Gasteiger partial charge in [-0.05, 0) is 26.8 Å². The number of oxazole rings is 1. The zero-order valence-electron chi connectivity index (χ0n) is 11.0. The highest BCUT2D eigenvalue weighted by molar-refractivity contribution is 5.56. The molecule has 0 aliphatic rings. The Labute approximate surface area is 106 Å². The average molecular weight is 247 g/mol. The maximum absolute atomic E-state index is 5.49. The third-order valence-corrected chi connectivity index (χ3v) is 2.61. The molecule has 0 spiro atoms. The van der Waals surface area contributed by atoms with E-state index in [2.05, 4.69) is 15.3 Å². The van der Waals surface area contributed by atoms with E-state index in [0.717, 1.165) is 17.1 Å². The highest BCUT2D eigenvalue weighted by atomic mass is 16.5. The molecular weight excluding hydrogens is 230 g/mol. The molecule has 0 fully saturated rings. The van der Waals surface area contributed by atoms with Crippen LogP contribution >= 0.6 is 0 Å². The van der Waals surface area contributed by atoms with Crippen LogP contribution in [0.15, 0.2) is 22.9 Å². The summed E-state index contributed by atoms with van der Waals surface area (Å²) in [6, 6.07) is 1.90. The number of methoxy groups -OCH3 is 1. The van der Waals surface area contributed by atoms with Crippen LogP contribution in [0.4, 0.5) is 5.69 Å². The second-order valence-electron chi connectivity index (χ2n) is 4.20. The van der Waals surface area contributed by atoms with E-state index in [-0.39, 0.29) is 6.04 Å². The normalized spacial score (nSPS) is 12.2. The van der Waals surface area contributed by atoms with Crippen molar-refractivity contribution in [3.8, 4) is 5.75 Å². The van der Waals surface area contributed by atoms with Crippen LogP contribution in [0.2, 0.25) is 0 Å². The van der Waals surface area contributed by atoms with Gasteiger partial charge in [0, 0.05) is 5.69 Å². The Morgan fingerprint density at radius 1 is 1.28 bits per heavy atom. The van der Waals surface area contributed by atoms with Crippen LogP contribution < -0.4 is 10.1 Å². The van der Waals surface area contributed by atoms with Crippen molar-refractivity contribution < 1.29 is 9.15 Å². The van der Waals surface area contributed by atoms with Crippen LogP contribution in [0, 0.1) is 13.8 Å². The van der Waals surface area contributed by atoms with E-state index < -0.39 is 0 Å². The molecule has 18 heavy (non-hydrogen) atoms. The first-order chi connectivity index (χ1) is 8.60. The van der Waals surface area contributed by atoms with Crippen molar-refractivity contribution >= 4 is 5.69 Å². The Balaban J connectivity index is 2.20. The van der Waals surface area contributed by atoms with Crippen molar-refractivity contribution in [3.05, 3.63) is 35.8 Å². The van der Waals surface area contributed by atoms with Crippen LogP contribution in [-0.2, 0) is 0 Å². The zero-order chi connectivity index (χ0) is 13.1. The van der Waals surface area contributed by atoms with Crippen molar-refractivity contribution in [2.75, 3.05) is 12.4 Å².